The third kappa shape index (κ3) is 17.4. The van der Waals surface area contributed by atoms with E-state index >= 15 is 0 Å². The fraction of sp³-hybridized carbons (Fsp3) is 1.00. The molecule has 0 aliphatic rings. The topological polar surface area (TPSA) is 48.2 Å². The van der Waals surface area contributed by atoms with Gasteiger partial charge in [0.25, 0.3) is 0 Å². The van der Waals surface area contributed by atoms with Crippen LogP contribution in [0.25, 0.3) is 4.72 Å². The Kier molecular flexibility index (Phi) is 14.4. The lowest BCUT2D eigenvalue weighted by Crippen LogP contribution is -2.44. The Bertz CT molecular complexity index is 404. The van der Waals surface area contributed by atoms with Crippen LogP contribution in [0.15, 0.2) is 0 Å². The Morgan fingerprint density at radius 1 is 0.875 bits per heavy atom. The van der Waals surface area contributed by atoms with Crippen molar-refractivity contribution in [2.24, 2.45) is 5.41 Å². The van der Waals surface area contributed by atoms with Crippen LogP contribution >= 0.6 is 24.0 Å². The Hall–Kier alpha value is 0.600. The van der Waals surface area contributed by atoms with E-state index < -0.39 is 10.0 Å². The van der Waals surface area contributed by atoms with Gasteiger partial charge in [-0.3, -0.25) is 0 Å². The third-order valence-electron chi connectivity index (χ3n) is 3.85. The number of hydrogen-bond acceptors (Lipinski definition) is 2. The molecule has 24 heavy (non-hydrogen) atoms. The van der Waals surface area contributed by atoms with Crippen LogP contribution in [0.1, 0.15) is 72.1 Å². The molecule has 0 N–H and O–H groups in total. The predicted octanol–water partition coefficient (Wildman–Crippen LogP) is 5.18. The number of quaternary nitrogens is 1. The average Bonchev–Trinajstić information content (AvgIpc) is 2.37. The summed E-state index contributed by atoms with van der Waals surface area (Å²) in [4.78, 5) is 0. The molecule has 0 bridgehead atoms. The van der Waals surface area contributed by atoms with Crippen molar-refractivity contribution in [3.05, 3.63) is 4.72 Å². The molecule has 0 aliphatic heterocycles. The van der Waals surface area contributed by atoms with Crippen molar-refractivity contribution < 1.29 is 12.9 Å². The first-order chi connectivity index (χ1) is 10.5. The molecule has 0 rings (SSSR count). The van der Waals surface area contributed by atoms with E-state index in [1.54, 1.807) is 0 Å². The molecule has 0 aliphatic carbocycles. The molecular formula is C18H41IN2O2S. The summed E-state index contributed by atoms with van der Waals surface area (Å²) in [6.45, 7) is 7.69. The highest BCUT2D eigenvalue weighted by Gasteiger charge is 2.23. The molecule has 4 nitrogen and oxygen atoms in total. The summed E-state index contributed by atoms with van der Waals surface area (Å²) in [5.41, 5.74) is -0.0927. The highest BCUT2D eigenvalue weighted by atomic mass is 127. The van der Waals surface area contributed by atoms with Crippen molar-refractivity contribution in [2.45, 2.75) is 72.1 Å². The smallest absolute Gasteiger partial charge is 0.0815 e. The van der Waals surface area contributed by atoms with Crippen LogP contribution < -0.4 is 0 Å². The molecule has 0 saturated heterocycles. The fourth-order valence-electron chi connectivity index (χ4n) is 3.09. The summed E-state index contributed by atoms with van der Waals surface area (Å²) in [6, 6.07) is 0. The third-order valence-corrected chi connectivity index (χ3v) is 5.17. The van der Waals surface area contributed by atoms with Gasteiger partial charge in [-0.2, -0.15) is 0 Å². The minimum atomic E-state index is -3.25. The molecule has 0 aromatic rings. The summed E-state index contributed by atoms with van der Waals surface area (Å²) in [7, 11) is 3.11. The van der Waals surface area contributed by atoms with E-state index in [1.165, 1.54) is 32.1 Å². The SMILES string of the molecule is CCCCCCCCCCS(=O)(=O)[N-]CC(C)(C)C[N+](C)(C)C.I. The van der Waals surface area contributed by atoms with Gasteiger partial charge in [-0.25, -0.2) is 8.42 Å². The molecular weight excluding hydrogens is 435 g/mol. The highest BCUT2D eigenvalue weighted by molar-refractivity contribution is 14.0. The molecule has 0 saturated carbocycles. The summed E-state index contributed by atoms with van der Waals surface area (Å²) in [5.74, 6) is 0.211. The average molecular weight is 477 g/mol. The molecule has 0 heterocycles. The van der Waals surface area contributed by atoms with Crippen LogP contribution in [0.4, 0.5) is 0 Å². The number of rotatable bonds is 14. The van der Waals surface area contributed by atoms with Crippen molar-refractivity contribution in [2.75, 3.05) is 40.0 Å². The van der Waals surface area contributed by atoms with Crippen LogP contribution in [0, 0.1) is 5.41 Å². The van der Waals surface area contributed by atoms with Crippen LogP contribution in [0.2, 0.25) is 0 Å². The van der Waals surface area contributed by atoms with Gasteiger partial charge >= 0.3 is 0 Å². The van der Waals surface area contributed by atoms with Gasteiger partial charge in [0.15, 0.2) is 0 Å². The monoisotopic (exact) mass is 476 g/mol. The van der Waals surface area contributed by atoms with Gasteiger partial charge in [0.2, 0.25) is 0 Å². The van der Waals surface area contributed by atoms with Crippen LogP contribution in [-0.2, 0) is 10.0 Å². The van der Waals surface area contributed by atoms with Gasteiger partial charge in [0, 0.05) is 5.75 Å². The number of halogens is 1. The van der Waals surface area contributed by atoms with E-state index in [0.29, 0.717) is 6.54 Å². The second-order valence-corrected chi connectivity index (χ2v) is 10.5. The van der Waals surface area contributed by atoms with Gasteiger partial charge < -0.3 is 9.21 Å². The first-order valence-electron chi connectivity index (χ1n) is 9.19. The van der Waals surface area contributed by atoms with E-state index in [0.717, 1.165) is 30.3 Å². The first-order valence-corrected chi connectivity index (χ1v) is 10.8. The largest absolute Gasteiger partial charge is 0.548 e. The maximum absolute atomic E-state index is 12.0. The number of unbranched alkanes of at least 4 members (excludes halogenated alkanes) is 7. The molecule has 0 spiro atoms. The van der Waals surface area contributed by atoms with E-state index in [9.17, 15) is 8.42 Å². The lowest BCUT2D eigenvalue weighted by Gasteiger charge is -2.38. The Labute approximate surface area is 168 Å². The summed E-state index contributed by atoms with van der Waals surface area (Å²) < 4.78 is 28.9. The van der Waals surface area contributed by atoms with E-state index in [4.69, 9.17) is 0 Å². The zero-order chi connectivity index (χ0) is 18.0. The van der Waals surface area contributed by atoms with Crippen molar-refractivity contribution in [1.29, 1.82) is 0 Å². The minimum absolute atomic E-state index is 0. The normalized spacial score (nSPS) is 12.9. The summed E-state index contributed by atoms with van der Waals surface area (Å²) in [5, 5.41) is 0. The second-order valence-electron chi connectivity index (χ2n) is 8.66. The molecule has 0 fully saturated rings. The van der Waals surface area contributed by atoms with Gasteiger partial charge in [-0.15, -0.1) is 30.5 Å². The van der Waals surface area contributed by atoms with E-state index in [2.05, 4.69) is 46.6 Å². The van der Waals surface area contributed by atoms with Crippen LogP contribution in [-0.4, -0.2) is 52.9 Å². The van der Waals surface area contributed by atoms with Crippen molar-refractivity contribution >= 4 is 34.0 Å². The van der Waals surface area contributed by atoms with Crippen molar-refractivity contribution in [3.63, 3.8) is 0 Å². The van der Waals surface area contributed by atoms with Gasteiger partial charge in [-0.1, -0.05) is 65.7 Å². The number of hydrogen-bond donors (Lipinski definition) is 0. The first kappa shape index (κ1) is 26.8. The van der Waals surface area contributed by atoms with Crippen molar-refractivity contribution in [3.8, 4) is 0 Å². The predicted molar refractivity (Wildman–Crippen MR) is 117 cm³/mol. The molecule has 0 unspecified atom stereocenters. The molecule has 148 valence electrons. The molecule has 0 radical (unpaired) electrons. The Balaban J connectivity index is 0. The Morgan fingerprint density at radius 2 is 1.33 bits per heavy atom. The van der Waals surface area contributed by atoms with Crippen molar-refractivity contribution in [1.82, 2.24) is 0 Å². The fourth-order valence-corrected chi connectivity index (χ4v) is 4.33. The lowest BCUT2D eigenvalue weighted by molar-refractivity contribution is -0.876. The van der Waals surface area contributed by atoms with E-state index in [-0.39, 0.29) is 35.1 Å². The summed E-state index contributed by atoms with van der Waals surface area (Å²) in [6.07, 6.45) is 9.30. The minimum Gasteiger partial charge on any atom is -0.548 e. The number of sulfonamides is 1. The highest BCUT2D eigenvalue weighted by Crippen LogP contribution is 2.23. The molecule has 0 aromatic carbocycles. The number of nitrogens with zero attached hydrogens (tertiary/aromatic N) is 2. The van der Waals surface area contributed by atoms with E-state index in [1.807, 2.05) is 0 Å². The van der Waals surface area contributed by atoms with Crippen LogP contribution in [0.3, 0.4) is 0 Å². The second kappa shape index (κ2) is 12.9. The van der Waals surface area contributed by atoms with Gasteiger partial charge in [0.05, 0.1) is 37.7 Å². The summed E-state index contributed by atoms with van der Waals surface area (Å²) >= 11 is 0. The molecule has 6 heteroatoms. The molecule has 0 atom stereocenters. The lowest BCUT2D eigenvalue weighted by atomic mass is 9.93. The molecule has 0 amide bonds. The maximum atomic E-state index is 12.0. The molecule has 0 aromatic heterocycles. The zero-order valence-electron chi connectivity index (χ0n) is 16.8. The quantitative estimate of drug-likeness (QED) is 0.197. The zero-order valence-corrected chi connectivity index (χ0v) is 20.0. The van der Waals surface area contributed by atoms with Gasteiger partial charge in [0.1, 0.15) is 0 Å². The maximum Gasteiger partial charge on any atom is 0.0815 e. The van der Waals surface area contributed by atoms with Crippen LogP contribution in [0.5, 0.6) is 0 Å². The van der Waals surface area contributed by atoms with Gasteiger partial charge in [-0.05, 0) is 11.8 Å². The standard InChI is InChI=1S/C18H40N2O2S.HI/c1-7-8-9-10-11-12-13-14-15-23(21,22)19-16-18(2,3)17-20(4,5)6;/h7-17H2,1-6H3;1H. The Morgan fingerprint density at radius 3 is 1.79 bits per heavy atom.